The lowest BCUT2D eigenvalue weighted by Crippen LogP contribution is -2.49. The Hall–Kier alpha value is -3.07. The molecule has 0 radical (unpaired) electrons. The van der Waals surface area contributed by atoms with Gasteiger partial charge in [-0.3, -0.25) is 4.79 Å². The number of para-hydroxylation sites is 1. The molecule has 0 unspecified atom stereocenters. The van der Waals surface area contributed by atoms with Crippen LogP contribution in [0.4, 0.5) is 19.0 Å². The molecule has 0 spiro atoms. The van der Waals surface area contributed by atoms with Crippen molar-refractivity contribution in [3.8, 4) is 5.69 Å². The van der Waals surface area contributed by atoms with E-state index in [1.54, 1.807) is 27.6 Å². The highest BCUT2D eigenvalue weighted by atomic mass is 35.5. The zero-order valence-corrected chi connectivity index (χ0v) is 17.4. The van der Waals surface area contributed by atoms with Crippen molar-refractivity contribution < 1.29 is 18.0 Å². The van der Waals surface area contributed by atoms with Crippen LogP contribution < -0.4 is 4.90 Å². The number of hydrogen-bond donors (Lipinski definition) is 0. The first-order valence-electron chi connectivity index (χ1n) is 9.62. The molecule has 162 valence electrons. The SMILES string of the molecule is Cc1nn(-c2ccccc2)cc1C(=O)N1CCN(c2ncc(C(F)(F)F)cc2Cl)CC1. The molecular formula is C21H19ClF3N5O. The molecule has 1 amide bonds. The molecule has 3 aromatic rings. The number of rotatable bonds is 3. The Morgan fingerprint density at radius 2 is 1.77 bits per heavy atom. The Morgan fingerprint density at radius 3 is 2.39 bits per heavy atom. The maximum absolute atomic E-state index is 13.0. The summed E-state index contributed by atoms with van der Waals surface area (Å²) in [4.78, 5) is 20.4. The predicted molar refractivity (Wildman–Crippen MR) is 111 cm³/mol. The number of carbonyl (C=O) groups is 1. The van der Waals surface area contributed by atoms with Crippen molar-refractivity contribution in [1.82, 2.24) is 19.7 Å². The summed E-state index contributed by atoms with van der Waals surface area (Å²) in [6.07, 6.45) is -2.00. The van der Waals surface area contributed by atoms with E-state index in [4.69, 9.17) is 11.6 Å². The molecule has 0 N–H and O–H groups in total. The number of amides is 1. The van der Waals surface area contributed by atoms with Crippen LogP contribution in [0.5, 0.6) is 0 Å². The first-order valence-corrected chi connectivity index (χ1v) is 10.0. The number of benzene rings is 1. The van der Waals surface area contributed by atoms with Crippen molar-refractivity contribution >= 4 is 23.3 Å². The molecule has 1 fully saturated rings. The minimum Gasteiger partial charge on any atom is -0.352 e. The average Bonchev–Trinajstić information content (AvgIpc) is 3.15. The third kappa shape index (κ3) is 4.36. The standard InChI is InChI=1S/C21H19ClF3N5O/c1-14-17(13-30(27-14)16-5-3-2-4-6-16)20(31)29-9-7-28(8-10-29)19-18(22)11-15(12-26-19)21(23,24)25/h2-6,11-13H,7-10H2,1H3. The molecule has 3 heterocycles. The highest BCUT2D eigenvalue weighted by molar-refractivity contribution is 6.33. The quantitative estimate of drug-likeness (QED) is 0.601. The second-order valence-electron chi connectivity index (χ2n) is 7.21. The number of hydrogen-bond acceptors (Lipinski definition) is 4. The normalized spacial score (nSPS) is 14.7. The van der Waals surface area contributed by atoms with Gasteiger partial charge in [0, 0.05) is 38.6 Å². The lowest BCUT2D eigenvalue weighted by Gasteiger charge is -2.35. The van der Waals surface area contributed by atoms with E-state index in [-0.39, 0.29) is 16.7 Å². The number of pyridine rings is 1. The minimum absolute atomic E-state index is 0.0606. The van der Waals surface area contributed by atoms with Gasteiger partial charge in [0.25, 0.3) is 5.91 Å². The second-order valence-corrected chi connectivity index (χ2v) is 7.62. The van der Waals surface area contributed by atoms with Gasteiger partial charge in [0.1, 0.15) is 5.82 Å². The van der Waals surface area contributed by atoms with Crippen molar-refractivity contribution in [3.63, 3.8) is 0 Å². The van der Waals surface area contributed by atoms with E-state index in [0.717, 1.165) is 18.0 Å². The zero-order valence-electron chi connectivity index (χ0n) is 16.6. The number of alkyl halides is 3. The van der Waals surface area contributed by atoms with Crippen LogP contribution in [-0.2, 0) is 6.18 Å². The number of aromatic nitrogens is 3. The van der Waals surface area contributed by atoms with Crippen LogP contribution in [0.1, 0.15) is 21.6 Å². The number of halogens is 4. The van der Waals surface area contributed by atoms with Crippen LogP contribution in [0, 0.1) is 6.92 Å². The Labute approximate surface area is 181 Å². The van der Waals surface area contributed by atoms with Gasteiger partial charge in [-0.05, 0) is 25.1 Å². The van der Waals surface area contributed by atoms with Gasteiger partial charge in [0.15, 0.2) is 0 Å². The number of piperazine rings is 1. The first-order chi connectivity index (χ1) is 14.7. The van der Waals surface area contributed by atoms with E-state index in [2.05, 4.69) is 10.1 Å². The summed E-state index contributed by atoms with van der Waals surface area (Å²) in [7, 11) is 0. The van der Waals surface area contributed by atoms with Gasteiger partial charge in [-0.15, -0.1) is 0 Å². The summed E-state index contributed by atoms with van der Waals surface area (Å²) < 4.78 is 40.1. The molecule has 31 heavy (non-hydrogen) atoms. The van der Waals surface area contributed by atoms with E-state index in [0.29, 0.717) is 37.4 Å². The summed E-state index contributed by atoms with van der Waals surface area (Å²) in [5.74, 6) is 0.153. The summed E-state index contributed by atoms with van der Waals surface area (Å²) >= 11 is 6.05. The highest BCUT2D eigenvalue weighted by Gasteiger charge is 2.32. The van der Waals surface area contributed by atoms with Crippen LogP contribution >= 0.6 is 11.6 Å². The number of nitrogens with zero attached hydrogens (tertiary/aromatic N) is 5. The molecule has 2 aromatic heterocycles. The molecule has 1 aliphatic rings. The van der Waals surface area contributed by atoms with Gasteiger partial charge >= 0.3 is 6.18 Å². The predicted octanol–water partition coefficient (Wildman–Crippen LogP) is 4.21. The van der Waals surface area contributed by atoms with Gasteiger partial charge in [0.2, 0.25) is 0 Å². The zero-order chi connectivity index (χ0) is 22.2. The van der Waals surface area contributed by atoms with E-state index in [1.165, 1.54) is 0 Å². The highest BCUT2D eigenvalue weighted by Crippen LogP contribution is 2.33. The van der Waals surface area contributed by atoms with Gasteiger partial charge in [0.05, 0.1) is 27.5 Å². The van der Waals surface area contributed by atoms with Gasteiger partial charge < -0.3 is 9.80 Å². The lowest BCUT2D eigenvalue weighted by atomic mass is 10.2. The van der Waals surface area contributed by atoms with Gasteiger partial charge in [-0.25, -0.2) is 9.67 Å². The Bertz CT molecular complexity index is 1090. The maximum atomic E-state index is 13.0. The molecule has 6 nitrogen and oxygen atoms in total. The molecule has 10 heteroatoms. The molecule has 0 saturated carbocycles. The first kappa shape index (κ1) is 21.2. The van der Waals surface area contributed by atoms with Gasteiger partial charge in [-0.1, -0.05) is 29.8 Å². The topological polar surface area (TPSA) is 54.3 Å². The van der Waals surface area contributed by atoms with Crippen molar-refractivity contribution in [2.24, 2.45) is 0 Å². The van der Waals surface area contributed by atoms with E-state index >= 15 is 0 Å². The van der Waals surface area contributed by atoms with E-state index in [9.17, 15) is 18.0 Å². The fraction of sp³-hybridized carbons (Fsp3) is 0.286. The second kappa shape index (κ2) is 8.22. The van der Waals surface area contributed by atoms with Crippen molar-refractivity contribution in [2.45, 2.75) is 13.1 Å². The third-order valence-corrected chi connectivity index (χ3v) is 5.44. The van der Waals surface area contributed by atoms with Crippen LogP contribution in [0.2, 0.25) is 5.02 Å². The molecule has 0 aliphatic carbocycles. The molecule has 1 aromatic carbocycles. The van der Waals surface area contributed by atoms with Crippen LogP contribution in [0.15, 0.2) is 48.8 Å². The fourth-order valence-corrected chi connectivity index (χ4v) is 3.78. The Kier molecular flexibility index (Phi) is 5.62. The summed E-state index contributed by atoms with van der Waals surface area (Å²) in [6.45, 7) is 3.40. The molecule has 4 rings (SSSR count). The molecule has 0 bridgehead atoms. The molecule has 1 saturated heterocycles. The number of carbonyl (C=O) groups excluding carboxylic acids is 1. The largest absolute Gasteiger partial charge is 0.417 e. The van der Waals surface area contributed by atoms with Crippen molar-refractivity contribution in [3.05, 3.63) is 70.6 Å². The van der Waals surface area contributed by atoms with Crippen LogP contribution in [-0.4, -0.2) is 51.8 Å². The smallest absolute Gasteiger partial charge is 0.352 e. The lowest BCUT2D eigenvalue weighted by molar-refractivity contribution is -0.137. The summed E-state index contributed by atoms with van der Waals surface area (Å²) in [5.41, 5.74) is 1.12. The number of anilines is 1. The third-order valence-electron chi connectivity index (χ3n) is 5.17. The van der Waals surface area contributed by atoms with Crippen LogP contribution in [0.3, 0.4) is 0 Å². The van der Waals surface area contributed by atoms with Crippen molar-refractivity contribution in [1.29, 1.82) is 0 Å². The fourth-order valence-electron chi connectivity index (χ4n) is 3.49. The summed E-state index contributed by atoms with van der Waals surface area (Å²) in [5, 5.41) is 4.38. The minimum atomic E-state index is -4.50. The monoisotopic (exact) mass is 449 g/mol. The molecule has 1 aliphatic heterocycles. The van der Waals surface area contributed by atoms with E-state index < -0.39 is 11.7 Å². The van der Waals surface area contributed by atoms with Gasteiger partial charge in [-0.2, -0.15) is 18.3 Å². The molecule has 0 atom stereocenters. The van der Waals surface area contributed by atoms with E-state index in [1.807, 2.05) is 30.3 Å². The Balaban J connectivity index is 1.45. The average molecular weight is 450 g/mol. The maximum Gasteiger partial charge on any atom is 0.417 e. The van der Waals surface area contributed by atoms with Crippen LogP contribution in [0.25, 0.3) is 5.69 Å². The summed E-state index contributed by atoms with van der Waals surface area (Å²) in [6, 6.07) is 10.4. The van der Waals surface area contributed by atoms with Crippen molar-refractivity contribution in [2.75, 3.05) is 31.1 Å². The Morgan fingerprint density at radius 1 is 1.10 bits per heavy atom. The number of aryl methyl sites for hydroxylation is 1. The molecular weight excluding hydrogens is 431 g/mol.